The summed E-state index contributed by atoms with van der Waals surface area (Å²) in [4.78, 5) is 3.01. The molecule has 2 rings (SSSR count). The van der Waals surface area contributed by atoms with Crippen molar-refractivity contribution in [3.05, 3.63) is 57.5 Å². The lowest BCUT2D eigenvalue weighted by Crippen LogP contribution is -2.30. The largest absolute Gasteiger partial charge is 0.329 e. The SMILES string of the molecule is CN(Cc1cccs1)C(CN)c1cc(F)c(F)c(F)c1. The Morgan fingerprint density at radius 3 is 2.40 bits per heavy atom. The van der Waals surface area contributed by atoms with Gasteiger partial charge in [-0.3, -0.25) is 4.90 Å². The van der Waals surface area contributed by atoms with Crippen molar-refractivity contribution in [3.63, 3.8) is 0 Å². The molecule has 2 nitrogen and oxygen atoms in total. The van der Waals surface area contributed by atoms with Crippen LogP contribution in [0.4, 0.5) is 13.2 Å². The second kappa shape index (κ2) is 6.39. The molecule has 0 amide bonds. The first-order valence-corrected chi connectivity index (χ1v) is 6.98. The van der Waals surface area contributed by atoms with E-state index in [0.29, 0.717) is 12.1 Å². The van der Waals surface area contributed by atoms with Crippen LogP contribution in [0.25, 0.3) is 0 Å². The standard InChI is InChI=1S/C14H15F3N2S/c1-19(8-10-3-2-4-20-10)13(7-18)9-5-11(15)14(17)12(16)6-9/h2-6,13H,7-8,18H2,1H3. The van der Waals surface area contributed by atoms with Crippen LogP contribution in [-0.4, -0.2) is 18.5 Å². The maximum absolute atomic E-state index is 13.3. The lowest BCUT2D eigenvalue weighted by atomic mass is 10.0. The molecule has 1 aromatic heterocycles. The van der Waals surface area contributed by atoms with Crippen LogP contribution >= 0.6 is 11.3 Å². The Labute approximate surface area is 119 Å². The van der Waals surface area contributed by atoms with E-state index in [1.807, 2.05) is 29.5 Å². The van der Waals surface area contributed by atoms with Gasteiger partial charge in [0.25, 0.3) is 0 Å². The van der Waals surface area contributed by atoms with E-state index < -0.39 is 17.5 Å². The maximum Gasteiger partial charge on any atom is 0.194 e. The van der Waals surface area contributed by atoms with Crippen molar-refractivity contribution < 1.29 is 13.2 Å². The summed E-state index contributed by atoms with van der Waals surface area (Å²) in [6, 6.07) is 5.53. The van der Waals surface area contributed by atoms with Gasteiger partial charge in [0.05, 0.1) is 0 Å². The fraction of sp³-hybridized carbons (Fsp3) is 0.286. The number of hydrogen-bond donors (Lipinski definition) is 1. The molecule has 0 aliphatic rings. The van der Waals surface area contributed by atoms with Gasteiger partial charge in [0, 0.05) is 24.0 Å². The average Bonchev–Trinajstić information content (AvgIpc) is 2.89. The lowest BCUT2D eigenvalue weighted by Gasteiger charge is -2.27. The van der Waals surface area contributed by atoms with E-state index in [4.69, 9.17) is 5.73 Å². The zero-order valence-corrected chi connectivity index (χ0v) is 11.8. The fourth-order valence-electron chi connectivity index (χ4n) is 2.10. The predicted molar refractivity (Wildman–Crippen MR) is 73.9 cm³/mol. The van der Waals surface area contributed by atoms with E-state index in [0.717, 1.165) is 17.0 Å². The summed E-state index contributed by atoms with van der Waals surface area (Å²) in [6.07, 6.45) is 0. The summed E-state index contributed by atoms with van der Waals surface area (Å²) < 4.78 is 39.6. The van der Waals surface area contributed by atoms with Gasteiger partial charge in [-0.1, -0.05) is 6.07 Å². The molecule has 1 atom stereocenters. The zero-order chi connectivity index (χ0) is 14.7. The van der Waals surface area contributed by atoms with Gasteiger partial charge in [-0.25, -0.2) is 13.2 Å². The van der Waals surface area contributed by atoms with E-state index >= 15 is 0 Å². The first-order chi connectivity index (χ1) is 9.52. The fourth-order valence-corrected chi connectivity index (χ4v) is 2.86. The molecule has 1 heterocycles. The quantitative estimate of drug-likeness (QED) is 0.859. The van der Waals surface area contributed by atoms with Gasteiger partial charge < -0.3 is 5.73 Å². The molecule has 2 aromatic rings. The van der Waals surface area contributed by atoms with Crippen LogP contribution in [-0.2, 0) is 6.54 Å². The minimum Gasteiger partial charge on any atom is -0.329 e. The Morgan fingerprint density at radius 1 is 1.25 bits per heavy atom. The molecule has 20 heavy (non-hydrogen) atoms. The molecule has 1 unspecified atom stereocenters. The van der Waals surface area contributed by atoms with Gasteiger partial charge in [0.1, 0.15) is 0 Å². The van der Waals surface area contributed by atoms with Crippen LogP contribution < -0.4 is 5.73 Å². The number of thiophene rings is 1. The first-order valence-electron chi connectivity index (χ1n) is 6.10. The molecule has 0 bridgehead atoms. The summed E-state index contributed by atoms with van der Waals surface area (Å²) >= 11 is 1.59. The summed E-state index contributed by atoms with van der Waals surface area (Å²) in [7, 11) is 1.82. The zero-order valence-electron chi connectivity index (χ0n) is 10.9. The molecule has 2 N–H and O–H groups in total. The van der Waals surface area contributed by atoms with E-state index in [1.54, 1.807) is 11.3 Å². The Balaban J connectivity index is 2.23. The third kappa shape index (κ3) is 3.20. The molecule has 0 spiro atoms. The van der Waals surface area contributed by atoms with Crippen LogP contribution in [0, 0.1) is 17.5 Å². The second-order valence-electron chi connectivity index (χ2n) is 4.54. The third-order valence-electron chi connectivity index (χ3n) is 3.13. The van der Waals surface area contributed by atoms with E-state index in [9.17, 15) is 13.2 Å². The molecule has 0 radical (unpaired) electrons. The number of benzene rings is 1. The molecule has 1 aromatic carbocycles. The van der Waals surface area contributed by atoms with Gasteiger partial charge in [-0.2, -0.15) is 0 Å². The summed E-state index contributed by atoms with van der Waals surface area (Å²) in [5.41, 5.74) is 6.03. The number of halogens is 3. The van der Waals surface area contributed by atoms with Crippen molar-refractivity contribution in [2.45, 2.75) is 12.6 Å². The van der Waals surface area contributed by atoms with Crippen LogP contribution in [0.15, 0.2) is 29.6 Å². The molecule has 0 saturated carbocycles. The summed E-state index contributed by atoms with van der Waals surface area (Å²) in [5, 5.41) is 1.96. The number of rotatable bonds is 5. The van der Waals surface area contributed by atoms with Gasteiger partial charge in [0.2, 0.25) is 0 Å². The highest BCUT2D eigenvalue weighted by atomic mass is 32.1. The van der Waals surface area contributed by atoms with Crippen LogP contribution in [0.2, 0.25) is 0 Å². The van der Waals surface area contributed by atoms with Crippen LogP contribution in [0.3, 0.4) is 0 Å². The lowest BCUT2D eigenvalue weighted by molar-refractivity contribution is 0.242. The molecular formula is C14H15F3N2S. The molecule has 0 aliphatic heterocycles. The van der Waals surface area contributed by atoms with Crippen molar-refractivity contribution in [1.29, 1.82) is 0 Å². The highest BCUT2D eigenvalue weighted by molar-refractivity contribution is 7.09. The smallest absolute Gasteiger partial charge is 0.194 e. The van der Waals surface area contributed by atoms with Gasteiger partial charge in [0.15, 0.2) is 17.5 Å². The highest BCUT2D eigenvalue weighted by Gasteiger charge is 2.20. The first kappa shape index (κ1) is 15.0. The van der Waals surface area contributed by atoms with Crippen molar-refractivity contribution in [1.82, 2.24) is 4.90 Å². The third-order valence-corrected chi connectivity index (χ3v) is 3.99. The Bertz CT molecular complexity index is 549. The summed E-state index contributed by atoms with van der Waals surface area (Å²) in [6.45, 7) is 0.798. The van der Waals surface area contributed by atoms with Crippen molar-refractivity contribution >= 4 is 11.3 Å². The predicted octanol–water partition coefficient (Wildman–Crippen LogP) is 3.30. The molecule has 108 valence electrons. The minimum atomic E-state index is -1.45. The monoisotopic (exact) mass is 300 g/mol. The van der Waals surface area contributed by atoms with E-state index in [-0.39, 0.29) is 12.6 Å². The van der Waals surface area contributed by atoms with Crippen LogP contribution in [0.1, 0.15) is 16.5 Å². The van der Waals surface area contributed by atoms with Crippen LogP contribution in [0.5, 0.6) is 0 Å². The van der Waals surface area contributed by atoms with Crippen molar-refractivity contribution in [2.24, 2.45) is 5.73 Å². The Hall–Kier alpha value is -1.37. The molecule has 0 fully saturated rings. The topological polar surface area (TPSA) is 29.3 Å². The number of hydrogen-bond acceptors (Lipinski definition) is 3. The molecule has 6 heteroatoms. The average molecular weight is 300 g/mol. The molecule has 0 aliphatic carbocycles. The molecule has 0 saturated heterocycles. The van der Waals surface area contributed by atoms with Gasteiger partial charge >= 0.3 is 0 Å². The Kier molecular flexibility index (Phi) is 4.80. The molecular weight excluding hydrogens is 285 g/mol. The highest BCUT2D eigenvalue weighted by Crippen LogP contribution is 2.24. The number of likely N-dealkylation sites (N-methyl/N-ethyl adjacent to an activating group) is 1. The number of nitrogens with two attached hydrogens (primary N) is 1. The van der Waals surface area contributed by atoms with Crippen molar-refractivity contribution in [2.75, 3.05) is 13.6 Å². The summed E-state index contributed by atoms with van der Waals surface area (Å²) in [5.74, 6) is -3.84. The van der Waals surface area contributed by atoms with Gasteiger partial charge in [-0.15, -0.1) is 11.3 Å². The Morgan fingerprint density at radius 2 is 1.90 bits per heavy atom. The maximum atomic E-state index is 13.3. The number of nitrogens with zero attached hydrogens (tertiary/aromatic N) is 1. The van der Waals surface area contributed by atoms with Crippen molar-refractivity contribution in [3.8, 4) is 0 Å². The van der Waals surface area contributed by atoms with E-state index in [2.05, 4.69) is 0 Å². The van der Waals surface area contributed by atoms with Gasteiger partial charge in [-0.05, 0) is 36.2 Å². The second-order valence-corrected chi connectivity index (χ2v) is 5.58. The minimum absolute atomic E-state index is 0.187. The van der Waals surface area contributed by atoms with E-state index in [1.165, 1.54) is 0 Å². The normalized spacial score (nSPS) is 12.9.